The smallest absolute Gasteiger partial charge is 0.213 e. The standard InChI is InChI=1S/C20H26FN5O.HI/c1-3-22-20(23-15-16-7-6-10-19(24-16)27-2)26-13-11-25(12-14-26)18-9-5-4-8-17(18)21;/h4-10H,3,11-15H2,1-2H3,(H,22,23);1H. The number of hydrogen-bond acceptors (Lipinski definition) is 4. The van der Waals surface area contributed by atoms with Gasteiger partial charge >= 0.3 is 0 Å². The first-order chi connectivity index (χ1) is 13.2. The van der Waals surface area contributed by atoms with Gasteiger partial charge < -0.3 is 19.9 Å². The number of halogens is 2. The lowest BCUT2D eigenvalue weighted by Crippen LogP contribution is -2.52. The van der Waals surface area contributed by atoms with Crippen molar-refractivity contribution in [2.45, 2.75) is 13.5 Å². The fourth-order valence-electron chi connectivity index (χ4n) is 3.11. The second-order valence-electron chi connectivity index (χ2n) is 6.27. The summed E-state index contributed by atoms with van der Waals surface area (Å²) in [6.45, 7) is 6.39. The summed E-state index contributed by atoms with van der Waals surface area (Å²) < 4.78 is 19.2. The van der Waals surface area contributed by atoms with Gasteiger partial charge in [-0.2, -0.15) is 0 Å². The van der Waals surface area contributed by atoms with Crippen LogP contribution in [0.2, 0.25) is 0 Å². The molecule has 0 amide bonds. The van der Waals surface area contributed by atoms with Gasteiger partial charge in [0.05, 0.1) is 25.0 Å². The quantitative estimate of drug-likeness (QED) is 0.390. The van der Waals surface area contributed by atoms with E-state index in [9.17, 15) is 4.39 Å². The van der Waals surface area contributed by atoms with Gasteiger partial charge in [0, 0.05) is 38.8 Å². The van der Waals surface area contributed by atoms with Crippen LogP contribution in [-0.4, -0.2) is 55.7 Å². The van der Waals surface area contributed by atoms with Crippen molar-refractivity contribution in [3.05, 3.63) is 54.0 Å². The lowest BCUT2D eigenvalue weighted by Gasteiger charge is -2.37. The third kappa shape index (κ3) is 5.70. The molecule has 0 bridgehead atoms. The van der Waals surface area contributed by atoms with Crippen molar-refractivity contribution >= 4 is 35.6 Å². The molecule has 1 saturated heterocycles. The van der Waals surface area contributed by atoms with Crippen LogP contribution in [0, 0.1) is 5.82 Å². The Morgan fingerprint density at radius 2 is 1.89 bits per heavy atom. The Bertz CT molecular complexity index is 781. The molecule has 0 unspecified atom stereocenters. The second-order valence-corrected chi connectivity index (χ2v) is 6.27. The highest BCUT2D eigenvalue weighted by Crippen LogP contribution is 2.20. The zero-order chi connectivity index (χ0) is 19.1. The number of benzene rings is 1. The molecule has 152 valence electrons. The Kier molecular flexibility index (Phi) is 8.75. The van der Waals surface area contributed by atoms with E-state index in [1.165, 1.54) is 6.07 Å². The monoisotopic (exact) mass is 499 g/mol. The summed E-state index contributed by atoms with van der Waals surface area (Å²) in [5.74, 6) is 1.28. The van der Waals surface area contributed by atoms with E-state index in [1.807, 2.05) is 30.3 Å². The van der Waals surface area contributed by atoms with E-state index in [4.69, 9.17) is 9.73 Å². The van der Waals surface area contributed by atoms with E-state index in [0.29, 0.717) is 18.1 Å². The number of ether oxygens (including phenoxy) is 1. The number of aliphatic imine (C=N–C) groups is 1. The van der Waals surface area contributed by atoms with Crippen LogP contribution in [0.15, 0.2) is 47.5 Å². The van der Waals surface area contributed by atoms with E-state index in [2.05, 4.69) is 27.0 Å². The van der Waals surface area contributed by atoms with Crippen LogP contribution in [0.1, 0.15) is 12.6 Å². The summed E-state index contributed by atoms with van der Waals surface area (Å²) in [7, 11) is 1.61. The van der Waals surface area contributed by atoms with Crippen molar-refractivity contribution in [2.75, 3.05) is 44.7 Å². The van der Waals surface area contributed by atoms with Crippen LogP contribution in [-0.2, 0) is 6.54 Å². The van der Waals surface area contributed by atoms with Crippen molar-refractivity contribution in [3.63, 3.8) is 0 Å². The maximum atomic E-state index is 14.0. The maximum absolute atomic E-state index is 14.0. The lowest BCUT2D eigenvalue weighted by atomic mass is 10.2. The molecule has 2 heterocycles. The molecule has 1 fully saturated rings. The maximum Gasteiger partial charge on any atom is 0.213 e. The van der Waals surface area contributed by atoms with Gasteiger partial charge in [0.15, 0.2) is 5.96 Å². The van der Waals surface area contributed by atoms with Crippen LogP contribution in [0.4, 0.5) is 10.1 Å². The molecule has 0 aliphatic carbocycles. The SMILES string of the molecule is CCNC(=NCc1cccc(OC)n1)N1CCN(c2ccccc2F)CC1.I. The molecule has 0 radical (unpaired) electrons. The van der Waals surface area contributed by atoms with E-state index in [-0.39, 0.29) is 29.8 Å². The average Bonchev–Trinajstić information content (AvgIpc) is 2.72. The molecular weight excluding hydrogens is 472 g/mol. The minimum Gasteiger partial charge on any atom is -0.481 e. The van der Waals surface area contributed by atoms with Gasteiger partial charge in [0.1, 0.15) is 5.82 Å². The van der Waals surface area contributed by atoms with Crippen LogP contribution < -0.4 is 15.0 Å². The topological polar surface area (TPSA) is 53.0 Å². The number of nitrogens with one attached hydrogen (secondary N) is 1. The number of pyridine rings is 1. The number of hydrogen-bond donors (Lipinski definition) is 1. The molecule has 0 saturated carbocycles. The van der Waals surface area contributed by atoms with Gasteiger partial charge in [-0.05, 0) is 25.1 Å². The van der Waals surface area contributed by atoms with E-state index in [1.54, 1.807) is 13.2 Å². The van der Waals surface area contributed by atoms with Gasteiger partial charge in [-0.1, -0.05) is 18.2 Å². The highest BCUT2D eigenvalue weighted by Gasteiger charge is 2.21. The van der Waals surface area contributed by atoms with Gasteiger partial charge in [-0.3, -0.25) is 0 Å². The predicted molar refractivity (Wildman–Crippen MR) is 121 cm³/mol. The van der Waals surface area contributed by atoms with Crippen LogP contribution in [0.25, 0.3) is 0 Å². The van der Waals surface area contributed by atoms with Crippen molar-refractivity contribution < 1.29 is 9.13 Å². The third-order valence-electron chi connectivity index (χ3n) is 4.49. The average molecular weight is 499 g/mol. The summed E-state index contributed by atoms with van der Waals surface area (Å²) in [5.41, 5.74) is 1.52. The summed E-state index contributed by atoms with van der Waals surface area (Å²) in [4.78, 5) is 13.4. The molecule has 1 aromatic heterocycles. The molecule has 8 heteroatoms. The molecule has 1 aromatic carbocycles. The van der Waals surface area contributed by atoms with Crippen LogP contribution in [0.3, 0.4) is 0 Å². The lowest BCUT2D eigenvalue weighted by molar-refractivity contribution is 0.370. The van der Waals surface area contributed by atoms with Gasteiger partial charge in [0.25, 0.3) is 0 Å². The number of piperazine rings is 1. The number of nitrogens with zero attached hydrogens (tertiary/aromatic N) is 4. The molecule has 6 nitrogen and oxygen atoms in total. The first-order valence-corrected chi connectivity index (χ1v) is 9.24. The fourth-order valence-corrected chi connectivity index (χ4v) is 3.11. The normalized spacial score (nSPS) is 14.5. The molecular formula is C20H27FIN5O. The first-order valence-electron chi connectivity index (χ1n) is 9.24. The van der Waals surface area contributed by atoms with Crippen LogP contribution >= 0.6 is 24.0 Å². The summed E-state index contributed by atoms with van der Waals surface area (Å²) >= 11 is 0. The number of aromatic nitrogens is 1. The molecule has 28 heavy (non-hydrogen) atoms. The first kappa shape index (κ1) is 22.2. The zero-order valence-electron chi connectivity index (χ0n) is 16.3. The highest BCUT2D eigenvalue weighted by atomic mass is 127. The van der Waals surface area contributed by atoms with Crippen molar-refractivity contribution in [1.29, 1.82) is 0 Å². The van der Waals surface area contributed by atoms with E-state index >= 15 is 0 Å². The molecule has 0 spiro atoms. The second kappa shape index (κ2) is 11.0. The molecule has 0 atom stereocenters. The zero-order valence-corrected chi connectivity index (χ0v) is 18.6. The van der Waals surface area contributed by atoms with Gasteiger partial charge in [0.2, 0.25) is 5.88 Å². The Hall–Kier alpha value is -2.10. The summed E-state index contributed by atoms with van der Waals surface area (Å²) in [6, 6.07) is 12.6. The van der Waals surface area contributed by atoms with Gasteiger partial charge in [-0.15, -0.1) is 24.0 Å². The third-order valence-corrected chi connectivity index (χ3v) is 4.49. The molecule has 2 aromatic rings. The van der Waals surface area contributed by atoms with E-state index in [0.717, 1.165) is 44.4 Å². The van der Waals surface area contributed by atoms with Crippen molar-refractivity contribution in [3.8, 4) is 5.88 Å². The minimum atomic E-state index is -0.171. The summed E-state index contributed by atoms with van der Waals surface area (Å²) in [5, 5.41) is 3.34. The Labute approximate surface area is 182 Å². The Morgan fingerprint density at radius 3 is 2.57 bits per heavy atom. The number of anilines is 1. The largest absolute Gasteiger partial charge is 0.481 e. The number of para-hydroxylation sites is 1. The minimum absolute atomic E-state index is 0. The Balaban J connectivity index is 0.00000280. The van der Waals surface area contributed by atoms with Crippen molar-refractivity contribution in [1.82, 2.24) is 15.2 Å². The number of guanidine groups is 1. The molecule has 1 N–H and O–H groups in total. The molecule has 1 aliphatic heterocycles. The van der Waals surface area contributed by atoms with Crippen molar-refractivity contribution in [2.24, 2.45) is 4.99 Å². The number of rotatable bonds is 5. The highest BCUT2D eigenvalue weighted by molar-refractivity contribution is 14.0. The van der Waals surface area contributed by atoms with E-state index < -0.39 is 0 Å². The van der Waals surface area contributed by atoms with Crippen LogP contribution in [0.5, 0.6) is 5.88 Å². The summed E-state index contributed by atoms with van der Waals surface area (Å²) in [6.07, 6.45) is 0. The fraction of sp³-hybridized carbons (Fsp3) is 0.400. The predicted octanol–water partition coefficient (Wildman–Crippen LogP) is 3.14. The molecule has 1 aliphatic rings. The van der Waals surface area contributed by atoms with Gasteiger partial charge in [-0.25, -0.2) is 14.4 Å². The molecule has 3 rings (SSSR count). The number of methoxy groups -OCH3 is 1. The Morgan fingerprint density at radius 1 is 1.14 bits per heavy atom.